The number of fused-ring (bicyclic) bond motifs is 1. The van der Waals surface area contributed by atoms with Crippen molar-refractivity contribution in [2.75, 3.05) is 18.0 Å². The first-order valence-electron chi connectivity index (χ1n) is 9.50. The van der Waals surface area contributed by atoms with Crippen LogP contribution >= 0.6 is 0 Å². The number of hydrogen-bond donors (Lipinski definition) is 1. The summed E-state index contributed by atoms with van der Waals surface area (Å²) in [6.45, 7) is 3.36. The Bertz CT molecular complexity index is 894. The number of aromatic nitrogens is 2. The molecular weight excluding hydrogens is 348 g/mol. The second-order valence-electron chi connectivity index (χ2n) is 7.57. The van der Waals surface area contributed by atoms with Gasteiger partial charge < -0.3 is 4.90 Å². The third kappa shape index (κ3) is 3.55. The minimum atomic E-state index is -3.30. The van der Waals surface area contributed by atoms with E-state index >= 15 is 0 Å². The molecule has 1 atom stereocenters. The Morgan fingerprint density at radius 1 is 1.12 bits per heavy atom. The van der Waals surface area contributed by atoms with E-state index in [-0.39, 0.29) is 11.3 Å². The van der Waals surface area contributed by atoms with Gasteiger partial charge in [-0.05, 0) is 44.7 Å². The maximum Gasteiger partial charge on any atom is 0.216 e. The zero-order valence-corrected chi connectivity index (χ0v) is 16.0. The van der Waals surface area contributed by atoms with Crippen LogP contribution in [0.5, 0.6) is 0 Å². The summed E-state index contributed by atoms with van der Waals surface area (Å²) in [5, 5.41) is 0.612. The van der Waals surface area contributed by atoms with Gasteiger partial charge in [0.2, 0.25) is 10.0 Å². The van der Waals surface area contributed by atoms with Crippen LogP contribution in [0.15, 0.2) is 24.5 Å². The van der Waals surface area contributed by atoms with E-state index in [1.165, 1.54) is 0 Å². The monoisotopic (exact) mass is 374 g/mol. The van der Waals surface area contributed by atoms with Gasteiger partial charge >= 0.3 is 0 Å². The molecule has 1 aliphatic heterocycles. The third-order valence-corrected chi connectivity index (χ3v) is 7.50. The molecule has 2 fully saturated rings. The van der Waals surface area contributed by atoms with E-state index in [0.717, 1.165) is 60.9 Å². The molecule has 0 amide bonds. The molecule has 2 aromatic rings. The van der Waals surface area contributed by atoms with Crippen LogP contribution in [0.4, 0.5) is 5.82 Å². The van der Waals surface area contributed by atoms with E-state index in [4.69, 9.17) is 0 Å². The molecule has 1 N–H and O–H groups in total. The predicted molar refractivity (Wildman–Crippen MR) is 104 cm³/mol. The third-order valence-electron chi connectivity index (χ3n) is 5.57. The van der Waals surface area contributed by atoms with E-state index < -0.39 is 10.0 Å². The average molecular weight is 375 g/mol. The van der Waals surface area contributed by atoms with Gasteiger partial charge in [0, 0.05) is 24.5 Å². The lowest BCUT2D eigenvalue weighted by molar-refractivity contribution is 0.505. The van der Waals surface area contributed by atoms with Crippen LogP contribution in [0, 0.1) is 6.92 Å². The summed E-state index contributed by atoms with van der Waals surface area (Å²) in [6, 6.07) is 6.24. The molecule has 2 aliphatic rings. The molecule has 4 rings (SSSR count). The van der Waals surface area contributed by atoms with Crippen LogP contribution in [-0.4, -0.2) is 42.8 Å². The minimum absolute atomic E-state index is 0.123. The lowest BCUT2D eigenvalue weighted by atomic mass is 10.1. The highest BCUT2D eigenvalue weighted by Gasteiger charge is 2.33. The van der Waals surface area contributed by atoms with Crippen molar-refractivity contribution in [3.8, 4) is 0 Å². The van der Waals surface area contributed by atoms with Crippen LogP contribution in [0.2, 0.25) is 0 Å². The summed E-state index contributed by atoms with van der Waals surface area (Å²) < 4.78 is 28.7. The van der Waals surface area contributed by atoms with Crippen LogP contribution in [0.25, 0.3) is 10.9 Å². The second-order valence-corrected chi connectivity index (χ2v) is 9.56. The van der Waals surface area contributed by atoms with Gasteiger partial charge in [-0.15, -0.1) is 0 Å². The first-order chi connectivity index (χ1) is 12.5. The molecule has 0 bridgehead atoms. The average Bonchev–Trinajstić information content (AvgIpc) is 3.13. The Kier molecular flexibility index (Phi) is 4.84. The number of sulfonamides is 1. The Morgan fingerprint density at radius 2 is 1.92 bits per heavy atom. The summed E-state index contributed by atoms with van der Waals surface area (Å²) in [7, 11) is -3.30. The number of nitrogens with one attached hydrogen (secondary N) is 1. The first kappa shape index (κ1) is 17.7. The van der Waals surface area contributed by atoms with Crippen molar-refractivity contribution < 1.29 is 8.42 Å². The van der Waals surface area contributed by atoms with Crippen molar-refractivity contribution >= 4 is 26.7 Å². The fourth-order valence-electron chi connectivity index (χ4n) is 4.16. The normalized spacial score (nSPS) is 22.2. The van der Waals surface area contributed by atoms with Crippen LogP contribution in [0.3, 0.4) is 0 Å². The fraction of sp³-hybridized carbons (Fsp3) is 0.579. The Labute approximate surface area is 155 Å². The molecule has 0 spiro atoms. The Hall–Kier alpha value is -1.73. The number of nitrogens with zero attached hydrogens (tertiary/aromatic N) is 3. The molecule has 2 heterocycles. The summed E-state index contributed by atoms with van der Waals surface area (Å²) in [5.74, 6) is 0.847. The largest absolute Gasteiger partial charge is 0.355 e. The lowest BCUT2D eigenvalue weighted by Crippen LogP contribution is -2.48. The molecule has 1 aromatic carbocycles. The maximum absolute atomic E-state index is 12.9. The SMILES string of the molecule is Cc1ccc2ncnc(N3CCCC(S(=O)(=O)NC4CCCC4)C3)c2c1. The number of piperidine rings is 1. The van der Waals surface area contributed by atoms with Crippen molar-refractivity contribution in [1.29, 1.82) is 0 Å². The molecule has 1 saturated heterocycles. The fourth-order valence-corrected chi connectivity index (χ4v) is 5.91. The van der Waals surface area contributed by atoms with Gasteiger partial charge in [-0.25, -0.2) is 23.1 Å². The summed E-state index contributed by atoms with van der Waals surface area (Å²) in [4.78, 5) is 11.0. The Balaban J connectivity index is 1.58. The van der Waals surface area contributed by atoms with Gasteiger partial charge in [-0.2, -0.15) is 0 Å². The molecule has 6 nitrogen and oxygen atoms in total. The Morgan fingerprint density at radius 3 is 2.73 bits per heavy atom. The molecule has 26 heavy (non-hydrogen) atoms. The molecule has 7 heteroatoms. The highest BCUT2D eigenvalue weighted by molar-refractivity contribution is 7.90. The van der Waals surface area contributed by atoms with E-state index in [1.54, 1.807) is 6.33 Å². The van der Waals surface area contributed by atoms with Crippen molar-refractivity contribution in [2.45, 2.75) is 56.7 Å². The maximum atomic E-state index is 12.9. The van der Waals surface area contributed by atoms with Crippen molar-refractivity contribution in [3.05, 3.63) is 30.1 Å². The number of anilines is 1. The highest BCUT2D eigenvalue weighted by atomic mass is 32.2. The quantitative estimate of drug-likeness (QED) is 0.891. The molecule has 0 radical (unpaired) electrons. The van der Waals surface area contributed by atoms with Gasteiger partial charge in [0.15, 0.2) is 0 Å². The summed E-state index contributed by atoms with van der Waals surface area (Å²) in [5.41, 5.74) is 2.05. The zero-order valence-electron chi connectivity index (χ0n) is 15.2. The van der Waals surface area contributed by atoms with E-state index in [0.29, 0.717) is 13.0 Å². The number of rotatable bonds is 4. The van der Waals surface area contributed by atoms with Gasteiger partial charge in [0.25, 0.3) is 0 Å². The topological polar surface area (TPSA) is 75.2 Å². The van der Waals surface area contributed by atoms with E-state index in [1.807, 2.05) is 19.1 Å². The number of aryl methyl sites for hydroxylation is 1. The molecule has 1 saturated carbocycles. The standard InChI is InChI=1S/C19H26N4O2S/c1-14-8-9-18-17(11-14)19(21-13-20-18)23-10-4-7-16(12-23)26(24,25)22-15-5-2-3-6-15/h8-9,11,13,15-16,22H,2-7,10,12H2,1H3. The molecule has 1 aromatic heterocycles. The predicted octanol–water partition coefficient (Wildman–Crippen LogP) is 2.77. The van der Waals surface area contributed by atoms with E-state index in [2.05, 4.69) is 25.7 Å². The van der Waals surface area contributed by atoms with Crippen molar-refractivity contribution in [1.82, 2.24) is 14.7 Å². The lowest BCUT2D eigenvalue weighted by Gasteiger charge is -2.34. The molecule has 1 unspecified atom stereocenters. The molecular formula is C19H26N4O2S. The van der Waals surface area contributed by atoms with Crippen LogP contribution in [0.1, 0.15) is 44.1 Å². The highest BCUT2D eigenvalue weighted by Crippen LogP contribution is 2.28. The minimum Gasteiger partial charge on any atom is -0.355 e. The van der Waals surface area contributed by atoms with Gasteiger partial charge in [0.05, 0.1) is 10.8 Å². The summed E-state index contributed by atoms with van der Waals surface area (Å²) in [6.07, 6.45) is 7.31. The van der Waals surface area contributed by atoms with Crippen LogP contribution < -0.4 is 9.62 Å². The second kappa shape index (κ2) is 7.12. The number of hydrogen-bond acceptors (Lipinski definition) is 5. The molecule has 1 aliphatic carbocycles. The zero-order chi connectivity index (χ0) is 18.1. The van der Waals surface area contributed by atoms with Gasteiger partial charge in [-0.1, -0.05) is 24.5 Å². The van der Waals surface area contributed by atoms with E-state index in [9.17, 15) is 8.42 Å². The van der Waals surface area contributed by atoms with Crippen molar-refractivity contribution in [2.24, 2.45) is 0 Å². The van der Waals surface area contributed by atoms with Gasteiger partial charge in [0.1, 0.15) is 12.1 Å². The number of benzene rings is 1. The van der Waals surface area contributed by atoms with Gasteiger partial charge in [-0.3, -0.25) is 0 Å². The first-order valence-corrected chi connectivity index (χ1v) is 11.0. The van der Waals surface area contributed by atoms with Crippen LogP contribution in [-0.2, 0) is 10.0 Å². The molecule has 140 valence electrons. The smallest absolute Gasteiger partial charge is 0.216 e. The van der Waals surface area contributed by atoms with Crippen molar-refractivity contribution in [3.63, 3.8) is 0 Å². The summed E-state index contributed by atoms with van der Waals surface area (Å²) >= 11 is 0.